The number of carboxylic acids is 1. The van der Waals surface area contributed by atoms with Gasteiger partial charge in [0.25, 0.3) is 0 Å². The smallest absolute Gasteiger partial charge is 0.407 e. The molecule has 34 heavy (non-hydrogen) atoms. The predicted octanol–water partition coefficient (Wildman–Crippen LogP) is 3.87. The van der Waals surface area contributed by atoms with Gasteiger partial charge in [0.15, 0.2) is 0 Å². The number of carboxylic acid groups (broad SMARTS) is 1. The fraction of sp³-hybridized carbons (Fsp3) is 0.444. The highest BCUT2D eigenvalue weighted by Crippen LogP contribution is 2.50. The Hall–Kier alpha value is -3.35. The van der Waals surface area contributed by atoms with Crippen molar-refractivity contribution in [1.82, 2.24) is 10.2 Å². The van der Waals surface area contributed by atoms with Gasteiger partial charge >= 0.3 is 12.1 Å². The summed E-state index contributed by atoms with van der Waals surface area (Å²) >= 11 is 0. The summed E-state index contributed by atoms with van der Waals surface area (Å²) in [5.41, 5.74) is 4.75. The summed E-state index contributed by atoms with van der Waals surface area (Å²) in [6.07, 6.45) is 1.88. The van der Waals surface area contributed by atoms with E-state index in [0.717, 1.165) is 12.8 Å². The number of nitrogens with zero attached hydrogens (tertiary/aromatic N) is 1. The molecule has 7 nitrogen and oxygen atoms in total. The van der Waals surface area contributed by atoms with Crippen molar-refractivity contribution in [2.45, 2.75) is 38.1 Å². The van der Waals surface area contributed by atoms with Crippen molar-refractivity contribution >= 4 is 18.0 Å². The van der Waals surface area contributed by atoms with Gasteiger partial charge in [-0.3, -0.25) is 9.59 Å². The molecular weight excluding hydrogens is 432 g/mol. The van der Waals surface area contributed by atoms with Crippen LogP contribution in [-0.4, -0.2) is 53.7 Å². The SMILES string of the molecule is CCN(CC(=O)O)C(=O)C1C[C@@H]2C[C@H](NC(=O)OCC3c4ccccc4-c4ccccc43)[C@@H]2C1. The Morgan fingerprint density at radius 3 is 2.26 bits per heavy atom. The largest absolute Gasteiger partial charge is 0.480 e. The molecule has 3 aliphatic carbocycles. The van der Waals surface area contributed by atoms with Crippen LogP contribution in [0.15, 0.2) is 48.5 Å². The van der Waals surface area contributed by atoms with Gasteiger partial charge < -0.3 is 20.1 Å². The topological polar surface area (TPSA) is 95.9 Å². The van der Waals surface area contributed by atoms with Crippen LogP contribution in [0.1, 0.15) is 43.2 Å². The predicted molar refractivity (Wildman–Crippen MR) is 126 cm³/mol. The van der Waals surface area contributed by atoms with Crippen LogP contribution < -0.4 is 5.32 Å². The van der Waals surface area contributed by atoms with Gasteiger partial charge in [-0.2, -0.15) is 0 Å². The number of rotatable bonds is 7. The van der Waals surface area contributed by atoms with E-state index in [-0.39, 0.29) is 42.9 Å². The molecule has 2 aromatic carbocycles. The summed E-state index contributed by atoms with van der Waals surface area (Å²) in [5.74, 6) is -0.571. The third-order valence-corrected chi connectivity index (χ3v) is 7.84. The summed E-state index contributed by atoms with van der Waals surface area (Å²) < 4.78 is 5.68. The van der Waals surface area contributed by atoms with Crippen molar-refractivity contribution in [3.05, 3.63) is 59.7 Å². The van der Waals surface area contributed by atoms with Crippen molar-refractivity contribution in [1.29, 1.82) is 0 Å². The fourth-order valence-electron chi connectivity index (χ4n) is 6.15. The summed E-state index contributed by atoms with van der Waals surface area (Å²) in [7, 11) is 0. The van der Waals surface area contributed by atoms with E-state index in [1.54, 1.807) is 6.92 Å². The van der Waals surface area contributed by atoms with Gasteiger partial charge in [-0.1, -0.05) is 48.5 Å². The highest BCUT2D eigenvalue weighted by atomic mass is 16.5. The minimum Gasteiger partial charge on any atom is -0.480 e. The van der Waals surface area contributed by atoms with Gasteiger partial charge in [0.05, 0.1) is 0 Å². The van der Waals surface area contributed by atoms with E-state index in [0.29, 0.717) is 18.9 Å². The van der Waals surface area contributed by atoms with Gasteiger partial charge in [0.2, 0.25) is 5.91 Å². The van der Waals surface area contributed by atoms with E-state index in [1.807, 2.05) is 24.3 Å². The lowest BCUT2D eigenvalue weighted by Crippen LogP contribution is -2.50. The number of benzene rings is 2. The molecule has 4 atom stereocenters. The number of ether oxygens (including phenoxy) is 1. The number of alkyl carbamates (subject to hydrolysis) is 1. The molecule has 178 valence electrons. The number of amides is 2. The number of carbonyl (C=O) groups is 3. The Balaban J connectivity index is 1.15. The van der Waals surface area contributed by atoms with Crippen molar-refractivity contribution in [2.24, 2.45) is 17.8 Å². The molecule has 0 heterocycles. The first kappa shape index (κ1) is 22.4. The third-order valence-electron chi connectivity index (χ3n) is 7.84. The molecule has 0 aromatic heterocycles. The first-order valence-electron chi connectivity index (χ1n) is 12.1. The second kappa shape index (κ2) is 9.12. The number of carbonyl (C=O) groups excluding carboxylic acids is 2. The molecule has 0 spiro atoms. The van der Waals surface area contributed by atoms with Crippen molar-refractivity contribution in [3.8, 4) is 11.1 Å². The second-order valence-corrected chi connectivity index (χ2v) is 9.65. The molecule has 2 N–H and O–H groups in total. The van der Waals surface area contributed by atoms with Crippen LogP contribution in [0.25, 0.3) is 11.1 Å². The second-order valence-electron chi connectivity index (χ2n) is 9.65. The standard InChI is InChI=1S/C27H30N2O5/c1-2-29(14-25(30)31)26(32)17-11-16-13-24(22(16)12-17)28-27(33)34-15-23-20-9-5-3-7-18(20)19-8-4-6-10-21(19)23/h3-10,16-17,22-24H,2,11-15H2,1H3,(H,28,33)(H,30,31)/t16-,17?,22-,24+/m1/s1. The lowest BCUT2D eigenvalue weighted by molar-refractivity contribution is -0.146. The Kier molecular flexibility index (Phi) is 6.02. The Labute approximate surface area is 199 Å². The molecule has 0 radical (unpaired) electrons. The first-order valence-corrected chi connectivity index (χ1v) is 12.1. The molecule has 3 aliphatic rings. The van der Waals surface area contributed by atoms with E-state index in [2.05, 4.69) is 29.6 Å². The number of aliphatic carboxylic acids is 1. The van der Waals surface area contributed by atoms with Crippen LogP contribution in [0.3, 0.4) is 0 Å². The number of hydrogen-bond acceptors (Lipinski definition) is 4. The Bertz CT molecular complexity index is 1070. The van der Waals surface area contributed by atoms with Crippen molar-refractivity contribution < 1.29 is 24.2 Å². The van der Waals surface area contributed by atoms with E-state index >= 15 is 0 Å². The Morgan fingerprint density at radius 1 is 1.00 bits per heavy atom. The maximum Gasteiger partial charge on any atom is 0.407 e. The molecule has 7 heteroatoms. The number of hydrogen-bond donors (Lipinski definition) is 2. The zero-order valence-electron chi connectivity index (χ0n) is 19.3. The highest BCUT2D eigenvalue weighted by Gasteiger charge is 2.50. The maximum absolute atomic E-state index is 12.8. The number of nitrogens with one attached hydrogen (secondary N) is 1. The minimum atomic E-state index is -0.994. The van der Waals surface area contributed by atoms with Crippen LogP contribution in [-0.2, 0) is 14.3 Å². The van der Waals surface area contributed by atoms with Gasteiger partial charge in [0.1, 0.15) is 13.2 Å². The third kappa shape index (κ3) is 4.04. The van der Waals surface area contributed by atoms with E-state index < -0.39 is 12.1 Å². The van der Waals surface area contributed by atoms with E-state index in [9.17, 15) is 14.4 Å². The molecule has 2 saturated carbocycles. The Morgan fingerprint density at radius 2 is 1.65 bits per heavy atom. The fourth-order valence-corrected chi connectivity index (χ4v) is 6.15. The maximum atomic E-state index is 12.8. The minimum absolute atomic E-state index is 0.00741. The lowest BCUT2D eigenvalue weighted by atomic mass is 9.71. The molecule has 0 saturated heterocycles. The van der Waals surface area contributed by atoms with Crippen LogP contribution in [0.4, 0.5) is 4.79 Å². The van der Waals surface area contributed by atoms with Gasteiger partial charge in [-0.25, -0.2) is 4.79 Å². The van der Waals surface area contributed by atoms with Gasteiger partial charge in [0, 0.05) is 24.4 Å². The van der Waals surface area contributed by atoms with Gasteiger partial charge in [-0.05, 0) is 60.3 Å². The zero-order chi connectivity index (χ0) is 23.8. The molecule has 1 unspecified atom stereocenters. The van der Waals surface area contributed by atoms with Crippen molar-refractivity contribution in [3.63, 3.8) is 0 Å². The van der Waals surface area contributed by atoms with E-state index in [4.69, 9.17) is 9.84 Å². The molecule has 2 aromatic rings. The molecular formula is C27H30N2O5. The number of fused-ring (bicyclic) bond motifs is 4. The summed E-state index contributed by atoms with van der Waals surface area (Å²) in [6.45, 7) is 2.20. The quantitative estimate of drug-likeness (QED) is 0.651. The summed E-state index contributed by atoms with van der Waals surface area (Å²) in [5, 5.41) is 12.1. The van der Waals surface area contributed by atoms with Crippen LogP contribution in [0.2, 0.25) is 0 Å². The average molecular weight is 463 g/mol. The molecule has 5 rings (SSSR count). The average Bonchev–Trinajstić information content (AvgIpc) is 3.34. The molecule has 2 amide bonds. The lowest BCUT2D eigenvalue weighted by Gasteiger charge is -2.40. The van der Waals surface area contributed by atoms with Crippen LogP contribution >= 0.6 is 0 Å². The zero-order valence-corrected chi connectivity index (χ0v) is 19.3. The molecule has 0 aliphatic heterocycles. The molecule has 0 bridgehead atoms. The van der Waals surface area contributed by atoms with Gasteiger partial charge in [-0.15, -0.1) is 0 Å². The summed E-state index contributed by atoms with van der Waals surface area (Å²) in [4.78, 5) is 37.8. The van der Waals surface area contributed by atoms with E-state index in [1.165, 1.54) is 27.2 Å². The first-order chi connectivity index (χ1) is 16.5. The highest BCUT2D eigenvalue weighted by molar-refractivity contribution is 5.83. The monoisotopic (exact) mass is 462 g/mol. The number of likely N-dealkylation sites (N-methyl/N-ethyl adjacent to an activating group) is 1. The normalized spacial score (nSPS) is 24.4. The van der Waals surface area contributed by atoms with Crippen LogP contribution in [0.5, 0.6) is 0 Å². The summed E-state index contributed by atoms with van der Waals surface area (Å²) in [6, 6.07) is 16.5. The van der Waals surface area contributed by atoms with Crippen molar-refractivity contribution in [2.75, 3.05) is 19.7 Å². The van der Waals surface area contributed by atoms with Crippen LogP contribution in [0, 0.1) is 17.8 Å². The molecule has 2 fully saturated rings.